The third kappa shape index (κ3) is 3.29. The Labute approximate surface area is 138 Å². The zero-order chi connectivity index (χ0) is 14.7. The van der Waals surface area contributed by atoms with E-state index in [-0.39, 0.29) is 5.78 Å². The fourth-order valence-corrected chi connectivity index (χ4v) is 3.00. The van der Waals surface area contributed by atoms with Crippen molar-refractivity contribution in [2.75, 3.05) is 0 Å². The molecular weight excluding hydrogens is 405 g/mol. The molecule has 0 aromatic heterocycles. The normalized spacial score (nSPS) is 11.7. The molecule has 1 atom stereocenters. The van der Waals surface area contributed by atoms with Crippen LogP contribution in [-0.2, 0) is 0 Å². The SMILES string of the molecule is N#CC(C(=O)c1ccc(Br)cc1Cl)c1cccc(Br)c1. The minimum atomic E-state index is -0.869. The molecule has 0 aliphatic heterocycles. The van der Waals surface area contributed by atoms with Gasteiger partial charge in [0.05, 0.1) is 11.1 Å². The summed E-state index contributed by atoms with van der Waals surface area (Å²) in [6.45, 7) is 0. The number of nitriles is 1. The lowest BCUT2D eigenvalue weighted by Crippen LogP contribution is -2.11. The molecule has 2 rings (SSSR count). The number of Topliss-reactive ketones (excluding diaryl/α,β-unsaturated/α-hetero) is 1. The highest BCUT2D eigenvalue weighted by Crippen LogP contribution is 2.28. The molecular formula is C15H8Br2ClNO. The number of carbonyl (C=O) groups excluding carboxylic acids is 1. The van der Waals surface area contributed by atoms with Crippen molar-refractivity contribution in [2.45, 2.75) is 5.92 Å². The molecule has 0 N–H and O–H groups in total. The number of ketones is 1. The zero-order valence-corrected chi connectivity index (χ0v) is 14.0. The largest absolute Gasteiger partial charge is 0.292 e. The van der Waals surface area contributed by atoms with Crippen molar-refractivity contribution in [3.8, 4) is 6.07 Å². The molecule has 5 heteroatoms. The topological polar surface area (TPSA) is 40.9 Å². The standard InChI is InChI=1S/C15H8Br2ClNO/c16-10-3-1-2-9(6-10)13(8-19)15(20)12-5-4-11(17)7-14(12)18/h1-7,13H. The first-order valence-corrected chi connectivity index (χ1v) is 7.63. The van der Waals surface area contributed by atoms with Gasteiger partial charge in [0.2, 0.25) is 0 Å². The van der Waals surface area contributed by atoms with Gasteiger partial charge in [-0.1, -0.05) is 55.6 Å². The third-order valence-corrected chi connectivity index (χ3v) is 4.07. The van der Waals surface area contributed by atoms with Crippen LogP contribution in [0.1, 0.15) is 21.8 Å². The van der Waals surface area contributed by atoms with Crippen LogP contribution in [0.2, 0.25) is 5.02 Å². The van der Waals surface area contributed by atoms with Gasteiger partial charge in [0.15, 0.2) is 5.78 Å². The summed E-state index contributed by atoms with van der Waals surface area (Å²) in [6, 6.07) is 14.2. The molecule has 2 aromatic carbocycles. The first-order valence-electron chi connectivity index (χ1n) is 5.67. The van der Waals surface area contributed by atoms with E-state index in [4.69, 9.17) is 11.6 Å². The van der Waals surface area contributed by atoms with Crippen molar-refractivity contribution in [3.05, 3.63) is 67.6 Å². The van der Waals surface area contributed by atoms with Crippen LogP contribution in [0.5, 0.6) is 0 Å². The number of benzene rings is 2. The molecule has 0 saturated carbocycles. The molecule has 0 saturated heterocycles. The molecule has 100 valence electrons. The Bertz CT molecular complexity index is 709. The summed E-state index contributed by atoms with van der Waals surface area (Å²) in [4.78, 5) is 12.5. The van der Waals surface area contributed by atoms with E-state index in [0.717, 1.165) is 8.95 Å². The highest BCUT2D eigenvalue weighted by Gasteiger charge is 2.23. The first-order chi connectivity index (χ1) is 9.52. The zero-order valence-electron chi connectivity index (χ0n) is 10.1. The Kier molecular flexibility index (Phi) is 4.98. The Morgan fingerprint density at radius 2 is 1.85 bits per heavy atom. The summed E-state index contributed by atoms with van der Waals surface area (Å²) < 4.78 is 1.61. The van der Waals surface area contributed by atoms with Crippen molar-refractivity contribution in [1.82, 2.24) is 0 Å². The average molecular weight is 413 g/mol. The molecule has 0 fully saturated rings. The highest BCUT2D eigenvalue weighted by molar-refractivity contribution is 9.10. The van der Waals surface area contributed by atoms with Gasteiger partial charge >= 0.3 is 0 Å². The summed E-state index contributed by atoms with van der Waals surface area (Å²) in [7, 11) is 0. The van der Waals surface area contributed by atoms with E-state index < -0.39 is 5.92 Å². The number of hydrogen-bond donors (Lipinski definition) is 0. The molecule has 0 aliphatic carbocycles. The molecule has 0 heterocycles. The monoisotopic (exact) mass is 411 g/mol. The maximum atomic E-state index is 12.5. The summed E-state index contributed by atoms with van der Waals surface area (Å²) >= 11 is 12.7. The van der Waals surface area contributed by atoms with Gasteiger partial charge in [0.1, 0.15) is 5.92 Å². The van der Waals surface area contributed by atoms with E-state index in [1.54, 1.807) is 36.4 Å². The molecule has 0 spiro atoms. The number of halogens is 3. The second-order valence-corrected chi connectivity index (χ2v) is 6.34. The van der Waals surface area contributed by atoms with E-state index in [1.165, 1.54) is 0 Å². The van der Waals surface area contributed by atoms with Gasteiger partial charge in [0, 0.05) is 14.5 Å². The van der Waals surface area contributed by atoms with Crippen LogP contribution >= 0.6 is 43.5 Å². The lowest BCUT2D eigenvalue weighted by molar-refractivity contribution is 0.0979. The van der Waals surface area contributed by atoms with E-state index in [9.17, 15) is 10.1 Å². The summed E-state index contributed by atoms with van der Waals surface area (Å²) in [6.07, 6.45) is 0. The Morgan fingerprint density at radius 3 is 2.45 bits per heavy atom. The van der Waals surface area contributed by atoms with E-state index >= 15 is 0 Å². The van der Waals surface area contributed by atoms with Gasteiger partial charge in [-0.2, -0.15) is 5.26 Å². The van der Waals surface area contributed by atoms with Crippen molar-refractivity contribution in [3.63, 3.8) is 0 Å². The van der Waals surface area contributed by atoms with Crippen LogP contribution in [0.3, 0.4) is 0 Å². The summed E-state index contributed by atoms with van der Waals surface area (Å²) in [5, 5.41) is 9.64. The van der Waals surface area contributed by atoms with Crippen LogP contribution in [0.4, 0.5) is 0 Å². The molecule has 1 unspecified atom stereocenters. The predicted octanol–water partition coefficient (Wildman–Crippen LogP) is 5.36. The van der Waals surface area contributed by atoms with Gasteiger partial charge in [-0.3, -0.25) is 4.79 Å². The van der Waals surface area contributed by atoms with E-state index in [0.29, 0.717) is 16.1 Å². The maximum absolute atomic E-state index is 12.5. The lowest BCUT2D eigenvalue weighted by Gasteiger charge is -2.10. The molecule has 0 bridgehead atoms. The molecule has 20 heavy (non-hydrogen) atoms. The fourth-order valence-electron chi connectivity index (χ4n) is 1.82. The van der Waals surface area contributed by atoms with Crippen molar-refractivity contribution in [2.24, 2.45) is 0 Å². The lowest BCUT2D eigenvalue weighted by atomic mass is 9.92. The number of nitrogens with zero attached hydrogens (tertiary/aromatic N) is 1. The summed E-state index contributed by atoms with van der Waals surface area (Å²) in [5.41, 5.74) is 0.993. The average Bonchev–Trinajstić information content (AvgIpc) is 2.39. The van der Waals surface area contributed by atoms with E-state index in [1.807, 2.05) is 12.1 Å². The maximum Gasteiger partial charge on any atom is 0.185 e. The number of carbonyl (C=O) groups is 1. The first kappa shape index (κ1) is 15.2. The predicted molar refractivity (Wildman–Crippen MR) is 86.0 cm³/mol. The smallest absolute Gasteiger partial charge is 0.185 e. The van der Waals surface area contributed by atoms with Gasteiger partial charge in [-0.15, -0.1) is 0 Å². The van der Waals surface area contributed by atoms with Gasteiger partial charge in [0.25, 0.3) is 0 Å². The third-order valence-electron chi connectivity index (χ3n) is 2.77. The highest BCUT2D eigenvalue weighted by atomic mass is 79.9. The van der Waals surface area contributed by atoms with Gasteiger partial charge in [-0.05, 0) is 35.9 Å². The van der Waals surface area contributed by atoms with Gasteiger partial charge < -0.3 is 0 Å². The molecule has 0 aliphatic rings. The second kappa shape index (κ2) is 6.53. The second-order valence-electron chi connectivity index (χ2n) is 4.11. The summed E-state index contributed by atoms with van der Waals surface area (Å²) in [5.74, 6) is -1.17. The van der Waals surface area contributed by atoms with Crippen LogP contribution in [0.15, 0.2) is 51.4 Å². The van der Waals surface area contributed by atoms with Crippen molar-refractivity contribution in [1.29, 1.82) is 5.26 Å². The van der Waals surface area contributed by atoms with Crippen LogP contribution in [0, 0.1) is 11.3 Å². The quantitative estimate of drug-likeness (QED) is 0.636. The fraction of sp³-hybridized carbons (Fsp3) is 0.0667. The Balaban J connectivity index is 2.42. The van der Waals surface area contributed by atoms with Crippen molar-refractivity contribution >= 4 is 49.2 Å². The van der Waals surface area contributed by atoms with Crippen molar-refractivity contribution < 1.29 is 4.79 Å². The molecule has 2 nitrogen and oxygen atoms in total. The number of hydrogen-bond acceptors (Lipinski definition) is 2. The molecule has 0 amide bonds. The van der Waals surface area contributed by atoms with Crippen LogP contribution < -0.4 is 0 Å². The Hall–Kier alpha value is -1.15. The van der Waals surface area contributed by atoms with Crippen LogP contribution in [0.25, 0.3) is 0 Å². The number of rotatable bonds is 3. The van der Waals surface area contributed by atoms with Gasteiger partial charge in [-0.25, -0.2) is 0 Å². The minimum Gasteiger partial charge on any atom is -0.292 e. The molecule has 0 radical (unpaired) electrons. The minimum absolute atomic E-state index is 0.303. The Morgan fingerprint density at radius 1 is 1.15 bits per heavy atom. The van der Waals surface area contributed by atoms with E-state index in [2.05, 4.69) is 31.9 Å². The molecule has 2 aromatic rings. The van der Waals surface area contributed by atoms with Crippen LogP contribution in [-0.4, -0.2) is 5.78 Å².